The lowest BCUT2D eigenvalue weighted by molar-refractivity contribution is -0.146. The van der Waals surface area contributed by atoms with Crippen LogP contribution in [0.5, 0.6) is 0 Å². The summed E-state index contributed by atoms with van der Waals surface area (Å²) in [6, 6.07) is -0.352. The number of nitrogens with zero attached hydrogens (tertiary/aromatic N) is 3. The van der Waals surface area contributed by atoms with Gasteiger partial charge >= 0.3 is 0 Å². The molecule has 4 rings (SSSR count). The third kappa shape index (κ3) is 4.43. The van der Waals surface area contributed by atoms with E-state index in [-0.39, 0.29) is 60.8 Å². The van der Waals surface area contributed by atoms with Crippen molar-refractivity contribution >= 4 is 23.5 Å². The molecule has 2 heterocycles. The van der Waals surface area contributed by atoms with E-state index in [0.29, 0.717) is 12.8 Å². The first-order valence-electron chi connectivity index (χ1n) is 11.1. The Balaban J connectivity index is 1.48. The van der Waals surface area contributed by atoms with Gasteiger partial charge in [0.2, 0.25) is 17.7 Å². The summed E-state index contributed by atoms with van der Waals surface area (Å²) in [6.45, 7) is 1.46. The van der Waals surface area contributed by atoms with Gasteiger partial charge in [0.05, 0.1) is 12.2 Å². The van der Waals surface area contributed by atoms with Gasteiger partial charge in [-0.25, -0.2) is 13.5 Å². The third-order valence-electron chi connectivity index (χ3n) is 6.93. The monoisotopic (exact) mass is 437 g/mol. The summed E-state index contributed by atoms with van der Waals surface area (Å²) >= 11 is 0. The predicted octanol–water partition coefficient (Wildman–Crippen LogP) is 2.71. The van der Waals surface area contributed by atoms with E-state index in [9.17, 15) is 23.2 Å². The summed E-state index contributed by atoms with van der Waals surface area (Å²) in [6.07, 6.45) is 5.43. The largest absolute Gasteiger partial charge is 0.365 e. The fourth-order valence-electron chi connectivity index (χ4n) is 4.88. The molecule has 1 aromatic heterocycles. The topological polar surface area (TPSA) is 110 Å². The van der Waals surface area contributed by atoms with E-state index >= 15 is 0 Å². The van der Waals surface area contributed by atoms with E-state index in [1.165, 1.54) is 10.9 Å². The zero-order valence-corrected chi connectivity index (χ0v) is 17.5. The van der Waals surface area contributed by atoms with Gasteiger partial charge in [-0.05, 0) is 44.9 Å². The molecule has 0 radical (unpaired) electrons. The Bertz CT molecular complexity index is 855. The van der Waals surface area contributed by atoms with Crippen LogP contribution in [0.4, 0.5) is 14.6 Å². The Morgan fingerprint density at radius 3 is 2.26 bits per heavy atom. The summed E-state index contributed by atoms with van der Waals surface area (Å²) in [7, 11) is 0. The second-order valence-corrected chi connectivity index (χ2v) is 8.97. The van der Waals surface area contributed by atoms with Crippen molar-refractivity contribution in [1.82, 2.24) is 14.7 Å². The molecule has 3 amide bonds. The van der Waals surface area contributed by atoms with Gasteiger partial charge < -0.3 is 16.0 Å². The molecule has 0 aromatic carbocycles. The molecule has 3 N–H and O–H groups in total. The van der Waals surface area contributed by atoms with Crippen molar-refractivity contribution in [2.24, 2.45) is 17.6 Å². The van der Waals surface area contributed by atoms with Crippen LogP contribution in [0.25, 0.3) is 0 Å². The van der Waals surface area contributed by atoms with Gasteiger partial charge in [0.15, 0.2) is 0 Å². The number of likely N-dealkylation sites (tertiary alicyclic amines) is 1. The Labute approximate surface area is 179 Å². The SMILES string of the molecule is NC(=O)c1cnn(C2CCC(F)(F)CC2)c1NC(=O)C1CCC1C(=O)N1CCCCC1. The Hall–Kier alpha value is -2.52. The number of primary amides is 1. The van der Waals surface area contributed by atoms with E-state index in [0.717, 1.165) is 32.4 Å². The van der Waals surface area contributed by atoms with Crippen molar-refractivity contribution in [3.05, 3.63) is 11.8 Å². The van der Waals surface area contributed by atoms with Crippen LogP contribution in [0.2, 0.25) is 0 Å². The Morgan fingerprint density at radius 2 is 1.68 bits per heavy atom. The summed E-state index contributed by atoms with van der Waals surface area (Å²) in [4.78, 5) is 39.6. The lowest BCUT2D eigenvalue weighted by atomic mass is 9.72. The molecule has 1 saturated heterocycles. The molecule has 1 aliphatic heterocycles. The highest BCUT2D eigenvalue weighted by molar-refractivity contribution is 6.03. The number of aromatic nitrogens is 2. The van der Waals surface area contributed by atoms with Gasteiger partial charge in [-0.3, -0.25) is 14.4 Å². The van der Waals surface area contributed by atoms with Gasteiger partial charge in [-0.1, -0.05) is 0 Å². The number of nitrogens with two attached hydrogens (primary N) is 1. The first-order valence-corrected chi connectivity index (χ1v) is 11.1. The number of nitrogens with one attached hydrogen (secondary N) is 1. The first kappa shape index (κ1) is 21.7. The molecule has 3 fully saturated rings. The average Bonchev–Trinajstić information content (AvgIpc) is 3.11. The van der Waals surface area contributed by atoms with Crippen LogP contribution in [0.1, 0.15) is 74.2 Å². The molecular formula is C21H29F2N5O3. The second kappa shape index (κ2) is 8.55. The number of anilines is 1. The van der Waals surface area contributed by atoms with Crippen LogP contribution in [-0.4, -0.2) is 51.4 Å². The summed E-state index contributed by atoms with van der Waals surface area (Å²) in [5.74, 6) is -4.49. The average molecular weight is 437 g/mol. The standard InChI is InChI=1S/C21H29F2N5O3/c22-21(23)8-6-13(7-9-21)28-18(16(12-25-28)17(24)29)26-19(30)14-4-5-15(14)20(31)27-10-2-1-3-11-27/h12-15H,1-11H2,(H2,24,29)(H,26,30). The summed E-state index contributed by atoms with van der Waals surface area (Å²) in [5, 5.41) is 6.92. The zero-order valence-electron chi connectivity index (χ0n) is 17.5. The molecule has 8 nitrogen and oxygen atoms in total. The molecule has 3 aliphatic rings. The minimum absolute atomic E-state index is 0.0178. The van der Waals surface area contributed by atoms with E-state index in [1.54, 1.807) is 0 Å². The van der Waals surface area contributed by atoms with Gasteiger partial charge in [0.1, 0.15) is 11.4 Å². The molecule has 2 atom stereocenters. The van der Waals surface area contributed by atoms with Crippen molar-refractivity contribution in [3.63, 3.8) is 0 Å². The van der Waals surface area contributed by atoms with Gasteiger partial charge in [0.25, 0.3) is 5.91 Å². The van der Waals surface area contributed by atoms with Crippen molar-refractivity contribution in [2.45, 2.75) is 69.8 Å². The zero-order chi connectivity index (χ0) is 22.2. The van der Waals surface area contributed by atoms with E-state index < -0.39 is 17.7 Å². The number of amides is 3. The minimum Gasteiger partial charge on any atom is -0.365 e. The summed E-state index contributed by atoms with van der Waals surface area (Å²) < 4.78 is 28.6. The number of piperidine rings is 1. The Morgan fingerprint density at radius 1 is 1.03 bits per heavy atom. The molecule has 2 unspecified atom stereocenters. The minimum atomic E-state index is -2.70. The number of hydrogen-bond donors (Lipinski definition) is 2. The maximum absolute atomic E-state index is 13.6. The molecule has 0 bridgehead atoms. The highest BCUT2D eigenvalue weighted by Crippen LogP contribution is 2.41. The quantitative estimate of drug-likeness (QED) is 0.738. The van der Waals surface area contributed by atoms with Crippen LogP contribution >= 0.6 is 0 Å². The van der Waals surface area contributed by atoms with Crippen molar-refractivity contribution in [3.8, 4) is 0 Å². The highest BCUT2D eigenvalue weighted by Gasteiger charge is 2.44. The van der Waals surface area contributed by atoms with E-state index in [4.69, 9.17) is 5.73 Å². The highest BCUT2D eigenvalue weighted by atomic mass is 19.3. The fraction of sp³-hybridized carbons (Fsp3) is 0.714. The molecule has 170 valence electrons. The Kier molecular flexibility index (Phi) is 5.98. The fourth-order valence-corrected chi connectivity index (χ4v) is 4.88. The van der Waals surface area contributed by atoms with Gasteiger partial charge in [-0.2, -0.15) is 5.10 Å². The molecule has 31 heavy (non-hydrogen) atoms. The number of halogens is 2. The number of carbonyl (C=O) groups excluding carboxylic acids is 3. The molecule has 2 saturated carbocycles. The van der Waals surface area contributed by atoms with Crippen LogP contribution in [0.3, 0.4) is 0 Å². The predicted molar refractivity (Wildman–Crippen MR) is 108 cm³/mol. The van der Waals surface area contributed by atoms with Crippen molar-refractivity contribution in [1.29, 1.82) is 0 Å². The molecule has 0 spiro atoms. The number of carbonyl (C=O) groups is 3. The van der Waals surface area contributed by atoms with Crippen LogP contribution < -0.4 is 11.1 Å². The second-order valence-electron chi connectivity index (χ2n) is 8.97. The van der Waals surface area contributed by atoms with Crippen molar-refractivity contribution in [2.75, 3.05) is 18.4 Å². The van der Waals surface area contributed by atoms with Crippen molar-refractivity contribution < 1.29 is 23.2 Å². The van der Waals surface area contributed by atoms with E-state index in [2.05, 4.69) is 10.4 Å². The normalized spacial score (nSPS) is 26.2. The van der Waals surface area contributed by atoms with Crippen LogP contribution in [0, 0.1) is 11.8 Å². The maximum Gasteiger partial charge on any atom is 0.254 e. The van der Waals surface area contributed by atoms with E-state index in [1.807, 2.05) is 4.90 Å². The number of hydrogen-bond acceptors (Lipinski definition) is 4. The molecule has 1 aromatic rings. The van der Waals surface area contributed by atoms with Crippen LogP contribution in [0.15, 0.2) is 6.20 Å². The lowest BCUT2D eigenvalue weighted by Crippen LogP contribution is -2.49. The lowest BCUT2D eigenvalue weighted by Gasteiger charge is -2.39. The smallest absolute Gasteiger partial charge is 0.254 e. The van der Waals surface area contributed by atoms with Gasteiger partial charge in [0, 0.05) is 37.8 Å². The maximum atomic E-state index is 13.6. The third-order valence-corrected chi connectivity index (χ3v) is 6.93. The van der Waals surface area contributed by atoms with Crippen LogP contribution in [-0.2, 0) is 9.59 Å². The number of rotatable bonds is 5. The first-order chi connectivity index (χ1) is 14.8. The van der Waals surface area contributed by atoms with Gasteiger partial charge in [-0.15, -0.1) is 0 Å². The molecule has 10 heteroatoms. The molecule has 2 aliphatic carbocycles. The molecular weight excluding hydrogens is 408 g/mol. The summed E-state index contributed by atoms with van der Waals surface area (Å²) in [5.41, 5.74) is 5.49. The number of alkyl halides is 2.